The minimum Gasteiger partial charge on any atom is -0.481 e. The highest BCUT2D eigenvalue weighted by molar-refractivity contribution is 5.81. The Balaban J connectivity index is 1.62. The van der Waals surface area contributed by atoms with E-state index in [1.165, 1.54) is 10.6 Å². The molecule has 0 aromatic carbocycles. The fourth-order valence-corrected chi connectivity index (χ4v) is 2.81. The average molecular weight is 330 g/mol. The molecule has 2 aromatic heterocycles. The molecule has 2 N–H and O–H groups in total. The molecule has 3 heterocycles. The van der Waals surface area contributed by atoms with Gasteiger partial charge in [0.05, 0.1) is 18.7 Å². The Hall–Kier alpha value is -2.90. The number of likely N-dealkylation sites (tertiary alicyclic amines) is 1. The number of hydrogen-bond acceptors (Lipinski definition) is 5. The number of hydrogen-bond donors (Lipinski definition) is 2. The second-order valence-electron chi connectivity index (χ2n) is 5.75. The molecule has 126 valence electrons. The van der Waals surface area contributed by atoms with Crippen LogP contribution in [-0.2, 0) is 9.59 Å². The molecule has 1 aliphatic heterocycles. The van der Waals surface area contributed by atoms with E-state index in [2.05, 4.69) is 10.3 Å². The van der Waals surface area contributed by atoms with E-state index >= 15 is 0 Å². The Kier molecular flexibility index (Phi) is 4.45. The van der Waals surface area contributed by atoms with Gasteiger partial charge in [0.15, 0.2) is 0 Å². The Morgan fingerprint density at radius 2 is 2.04 bits per heavy atom. The molecule has 2 aromatic rings. The number of carboxylic acid groups (broad SMARTS) is 1. The molecule has 0 atom stereocenters. The average Bonchev–Trinajstić information content (AvgIpc) is 2.61. The maximum absolute atomic E-state index is 12.3. The second kappa shape index (κ2) is 6.69. The number of amides is 1. The minimum atomic E-state index is -0.810. The molecule has 8 heteroatoms. The molecule has 8 nitrogen and oxygen atoms in total. The summed E-state index contributed by atoms with van der Waals surface area (Å²) >= 11 is 0. The van der Waals surface area contributed by atoms with Crippen LogP contribution in [0.3, 0.4) is 0 Å². The van der Waals surface area contributed by atoms with Gasteiger partial charge in [0.1, 0.15) is 11.3 Å². The molecule has 0 unspecified atom stereocenters. The number of carbonyl (C=O) groups excluding carboxylic acids is 1. The predicted octanol–water partition coefficient (Wildman–Crippen LogP) is 0.430. The van der Waals surface area contributed by atoms with Crippen molar-refractivity contribution in [3.8, 4) is 0 Å². The quantitative estimate of drug-likeness (QED) is 0.842. The number of carbonyl (C=O) groups is 2. The number of aromatic nitrogens is 2. The van der Waals surface area contributed by atoms with E-state index in [0.29, 0.717) is 31.6 Å². The molecule has 0 radical (unpaired) electrons. The lowest BCUT2D eigenvalue weighted by molar-refractivity contribution is -0.145. The predicted molar refractivity (Wildman–Crippen MR) is 86.9 cm³/mol. The number of nitrogens with zero attached hydrogens (tertiary/aromatic N) is 3. The van der Waals surface area contributed by atoms with Gasteiger partial charge in [-0.05, 0) is 25.0 Å². The van der Waals surface area contributed by atoms with E-state index < -0.39 is 5.97 Å². The van der Waals surface area contributed by atoms with Gasteiger partial charge in [-0.2, -0.15) is 0 Å². The third-order valence-electron chi connectivity index (χ3n) is 4.24. The van der Waals surface area contributed by atoms with Crippen molar-refractivity contribution in [1.82, 2.24) is 14.3 Å². The van der Waals surface area contributed by atoms with E-state index in [1.807, 2.05) is 0 Å². The van der Waals surface area contributed by atoms with E-state index in [9.17, 15) is 14.4 Å². The van der Waals surface area contributed by atoms with Crippen LogP contribution in [0.4, 0.5) is 5.69 Å². The lowest BCUT2D eigenvalue weighted by Gasteiger charge is -2.30. The van der Waals surface area contributed by atoms with E-state index in [-0.39, 0.29) is 29.6 Å². The van der Waals surface area contributed by atoms with Crippen LogP contribution in [-0.4, -0.2) is 50.9 Å². The summed E-state index contributed by atoms with van der Waals surface area (Å²) in [7, 11) is 0. The Bertz CT molecular complexity index is 824. The summed E-state index contributed by atoms with van der Waals surface area (Å²) in [5, 5.41) is 11.8. The van der Waals surface area contributed by atoms with Crippen molar-refractivity contribution in [2.24, 2.45) is 5.92 Å². The van der Waals surface area contributed by atoms with Crippen molar-refractivity contribution >= 4 is 23.2 Å². The van der Waals surface area contributed by atoms with E-state index in [0.717, 1.165) is 0 Å². The van der Waals surface area contributed by atoms with Gasteiger partial charge >= 0.3 is 5.97 Å². The standard InChI is InChI=1S/C16H18N4O4/c21-14(19-7-4-11(5-8-19)16(23)24)10-17-12-9-18-13-3-1-2-6-20(13)15(12)22/h1-3,6,9,11,17H,4-5,7-8,10H2,(H,23,24). The lowest BCUT2D eigenvalue weighted by atomic mass is 9.97. The van der Waals surface area contributed by atoms with Crippen LogP contribution in [0.25, 0.3) is 5.65 Å². The normalized spacial score (nSPS) is 15.4. The molecule has 24 heavy (non-hydrogen) atoms. The lowest BCUT2D eigenvalue weighted by Crippen LogP contribution is -2.43. The smallest absolute Gasteiger partial charge is 0.306 e. The van der Waals surface area contributed by atoms with Crippen LogP contribution in [0.15, 0.2) is 35.4 Å². The summed E-state index contributed by atoms with van der Waals surface area (Å²) in [4.78, 5) is 41.2. The zero-order chi connectivity index (χ0) is 17.1. The number of carboxylic acids is 1. The van der Waals surface area contributed by atoms with Crippen LogP contribution in [0.1, 0.15) is 12.8 Å². The minimum absolute atomic E-state index is 0.0203. The molecule has 1 aliphatic rings. The van der Waals surface area contributed by atoms with Crippen molar-refractivity contribution in [1.29, 1.82) is 0 Å². The Labute approximate surface area is 137 Å². The van der Waals surface area contributed by atoms with Gasteiger partial charge < -0.3 is 15.3 Å². The summed E-state index contributed by atoms with van der Waals surface area (Å²) in [5.74, 6) is -1.34. The third-order valence-corrected chi connectivity index (χ3v) is 4.24. The first-order valence-corrected chi connectivity index (χ1v) is 7.77. The molecule has 0 bridgehead atoms. The van der Waals surface area contributed by atoms with Gasteiger partial charge in [0.25, 0.3) is 5.56 Å². The van der Waals surface area contributed by atoms with Gasteiger partial charge in [0, 0.05) is 19.3 Å². The highest BCUT2D eigenvalue weighted by atomic mass is 16.4. The first-order valence-electron chi connectivity index (χ1n) is 7.77. The molecule has 0 aliphatic carbocycles. The fourth-order valence-electron chi connectivity index (χ4n) is 2.81. The van der Waals surface area contributed by atoms with Crippen molar-refractivity contribution < 1.29 is 14.7 Å². The monoisotopic (exact) mass is 330 g/mol. The van der Waals surface area contributed by atoms with Crippen molar-refractivity contribution in [2.45, 2.75) is 12.8 Å². The first-order chi connectivity index (χ1) is 11.6. The van der Waals surface area contributed by atoms with Crippen LogP contribution < -0.4 is 10.9 Å². The summed E-state index contributed by atoms with van der Waals surface area (Å²) in [6, 6.07) is 5.25. The van der Waals surface area contributed by atoms with Crippen molar-refractivity contribution in [2.75, 3.05) is 25.0 Å². The largest absolute Gasteiger partial charge is 0.481 e. The van der Waals surface area contributed by atoms with Gasteiger partial charge in [0.2, 0.25) is 5.91 Å². The van der Waals surface area contributed by atoms with Crippen LogP contribution in [0, 0.1) is 5.92 Å². The number of anilines is 1. The number of piperidine rings is 1. The highest BCUT2D eigenvalue weighted by Gasteiger charge is 2.26. The van der Waals surface area contributed by atoms with E-state index in [4.69, 9.17) is 5.11 Å². The van der Waals surface area contributed by atoms with Gasteiger partial charge in [-0.3, -0.25) is 18.8 Å². The van der Waals surface area contributed by atoms with Gasteiger partial charge in [-0.1, -0.05) is 6.07 Å². The zero-order valence-electron chi connectivity index (χ0n) is 13.0. The van der Waals surface area contributed by atoms with Crippen LogP contribution in [0.5, 0.6) is 0 Å². The maximum Gasteiger partial charge on any atom is 0.306 e. The maximum atomic E-state index is 12.3. The molecular weight excluding hydrogens is 312 g/mol. The molecular formula is C16H18N4O4. The zero-order valence-corrected chi connectivity index (χ0v) is 13.0. The number of rotatable bonds is 4. The molecule has 0 saturated carbocycles. The van der Waals surface area contributed by atoms with Crippen molar-refractivity contribution in [3.05, 3.63) is 40.9 Å². The van der Waals surface area contributed by atoms with E-state index in [1.54, 1.807) is 29.3 Å². The SMILES string of the molecule is O=C(O)C1CCN(C(=O)CNc2cnc3ccccn3c2=O)CC1. The number of nitrogens with one attached hydrogen (secondary N) is 1. The summed E-state index contributed by atoms with van der Waals surface area (Å²) in [6.45, 7) is 0.826. The van der Waals surface area contributed by atoms with Gasteiger partial charge in [-0.25, -0.2) is 4.98 Å². The third kappa shape index (κ3) is 3.22. The summed E-state index contributed by atoms with van der Waals surface area (Å²) in [5.41, 5.74) is 0.528. The molecule has 1 saturated heterocycles. The Morgan fingerprint density at radius 1 is 1.29 bits per heavy atom. The van der Waals surface area contributed by atoms with Gasteiger partial charge in [-0.15, -0.1) is 0 Å². The molecule has 1 fully saturated rings. The molecule has 1 amide bonds. The second-order valence-corrected chi connectivity index (χ2v) is 5.75. The Morgan fingerprint density at radius 3 is 2.75 bits per heavy atom. The number of fused-ring (bicyclic) bond motifs is 1. The number of pyridine rings is 1. The first kappa shape index (κ1) is 16.0. The van der Waals surface area contributed by atoms with Crippen molar-refractivity contribution in [3.63, 3.8) is 0 Å². The summed E-state index contributed by atoms with van der Waals surface area (Å²) in [6.07, 6.45) is 3.96. The molecule has 0 spiro atoms. The highest BCUT2D eigenvalue weighted by Crippen LogP contribution is 2.17. The molecule has 3 rings (SSSR count). The van der Waals surface area contributed by atoms with Crippen LogP contribution in [0.2, 0.25) is 0 Å². The fraction of sp³-hybridized carbons (Fsp3) is 0.375. The summed E-state index contributed by atoms with van der Waals surface area (Å²) < 4.78 is 1.41. The topological polar surface area (TPSA) is 104 Å². The number of aliphatic carboxylic acids is 1. The van der Waals surface area contributed by atoms with Crippen LogP contribution >= 0.6 is 0 Å².